The van der Waals surface area contributed by atoms with Crippen LogP contribution in [0, 0.1) is 51.7 Å². The maximum absolute atomic E-state index is 12.6. The summed E-state index contributed by atoms with van der Waals surface area (Å²) in [4.78, 5) is 18.3. The summed E-state index contributed by atoms with van der Waals surface area (Å²) in [6.07, 6.45) is 16.7. The minimum absolute atomic E-state index is 0.00171. The fraction of sp³-hybridized carbons (Fsp3) is 0.838. The first-order chi connectivity index (χ1) is 22.8. The zero-order chi connectivity index (χ0) is 34.9. The number of guanidine groups is 2. The van der Waals surface area contributed by atoms with Gasteiger partial charge in [0.15, 0.2) is 11.9 Å². The summed E-state index contributed by atoms with van der Waals surface area (Å²) in [6, 6.07) is 0. The van der Waals surface area contributed by atoms with Crippen LogP contribution in [0.5, 0.6) is 0 Å². The fourth-order valence-electron chi connectivity index (χ4n) is 10.2. The molecule has 7 atom stereocenters. The molecule has 0 radical (unpaired) electrons. The van der Waals surface area contributed by atoms with E-state index in [1.807, 2.05) is 0 Å². The molecular formula is C37H68N10O. The molecule has 3 fully saturated rings. The summed E-state index contributed by atoms with van der Waals surface area (Å²) < 4.78 is 0. The molecule has 11 nitrogen and oxygen atoms in total. The molecule has 0 aromatic heterocycles. The van der Waals surface area contributed by atoms with E-state index in [9.17, 15) is 4.79 Å². The third kappa shape index (κ3) is 9.52. The Morgan fingerprint density at radius 1 is 0.979 bits per heavy atom. The van der Waals surface area contributed by atoms with Crippen LogP contribution in [0.2, 0.25) is 0 Å². The largest absolute Gasteiger partial charge is 0.370 e. The standard InChI is InChI=1S/C37H68N10O/c1-25(2)7-6-8-26(3)30-11-12-31-29-10-9-27-23-28(13-15-36(27,4)32(29)14-16-37(30,31)5)45-46-33(48)24-43-20-22-47(35(40)41)21-19-42-17-18-44-34(38)39/h23,25-26,29-32,42-43H,6-22,24H2,1-5H3,(H3,40,41)(H,46,48)(H4,38,39,44)/b45-28-/t26-,29+,30-,31+,32+,36+,37-/m1/s1. The lowest BCUT2D eigenvalue weighted by Gasteiger charge is -2.58. The van der Waals surface area contributed by atoms with Crippen LogP contribution in [-0.4, -0.2) is 74.3 Å². The normalized spacial score (nSPS) is 31.0. The molecule has 0 aliphatic heterocycles. The molecule has 0 aromatic carbocycles. The van der Waals surface area contributed by atoms with Crippen LogP contribution < -0.4 is 33.3 Å². The summed E-state index contributed by atoms with van der Waals surface area (Å²) in [7, 11) is 0. The molecule has 0 bridgehead atoms. The second kappa shape index (κ2) is 17.3. The lowest BCUT2D eigenvalue weighted by molar-refractivity contribution is -0.120. The van der Waals surface area contributed by atoms with Crippen molar-refractivity contribution in [2.24, 2.45) is 73.6 Å². The zero-order valence-corrected chi connectivity index (χ0v) is 30.8. The van der Waals surface area contributed by atoms with Crippen molar-refractivity contribution in [1.82, 2.24) is 21.0 Å². The monoisotopic (exact) mass is 669 g/mol. The van der Waals surface area contributed by atoms with Gasteiger partial charge in [0.2, 0.25) is 0 Å². The van der Waals surface area contributed by atoms with Gasteiger partial charge in [-0.25, -0.2) is 5.43 Å². The van der Waals surface area contributed by atoms with Crippen molar-refractivity contribution in [3.8, 4) is 0 Å². The quantitative estimate of drug-likeness (QED) is 0.0526. The number of allylic oxidation sites excluding steroid dienone is 2. The van der Waals surface area contributed by atoms with Crippen LogP contribution in [0.15, 0.2) is 21.7 Å². The molecule has 272 valence electrons. The Kier molecular flexibility index (Phi) is 13.8. The van der Waals surface area contributed by atoms with E-state index in [2.05, 4.69) is 66.8 Å². The van der Waals surface area contributed by atoms with E-state index in [4.69, 9.17) is 22.6 Å². The van der Waals surface area contributed by atoms with Crippen molar-refractivity contribution in [3.63, 3.8) is 0 Å². The highest BCUT2D eigenvalue weighted by Crippen LogP contribution is 2.67. The van der Waals surface area contributed by atoms with Gasteiger partial charge in [0, 0.05) is 32.7 Å². The molecule has 0 unspecified atom stereocenters. The van der Waals surface area contributed by atoms with Gasteiger partial charge in [-0.05, 0) is 104 Å². The summed E-state index contributed by atoms with van der Waals surface area (Å²) in [5, 5.41) is 18.8. The zero-order valence-electron chi connectivity index (χ0n) is 30.8. The Bertz CT molecular complexity index is 1180. The van der Waals surface area contributed by atoms with E-state index < -0.39 is 0 Å². The van der Waals surface area contributed by atoms with Crippen LogP contribution in [0.4, 0.5) is 0 Å². The van der Waals surface area contributed by atoms with Gasteiger partial charge in [-0.3, -0.25) is 15.2 Å². The highest BCUT2D eigenvalue weighted by Gasteiger charge is 2.59. The highest BCUT2D eigenvalue weighted by atomic mass is 16.2. The number of rotatable bonds is 17. The fourth-order valence-corrected chi connectivity index (χ4v) is 10.2. The Balaban J connectivity index is 1.22. The van der Waals surface area contributed by atoms with E-state index in [1.54, 1.807) is 10.5 Å². The van der Waals surface area contributed by atoms with Gasteiger partial charge >= 0.3 is 0 Å². The maximum Gasteiger partial charge on any atom is 0.254 e. The van der Waals surface area contributed by atoms with Gasteiger partial charge in [-0.1, -0.05) is 59.5 Å². The first-order valence-electron chi connectivity index (χ1n) is 19.0. The SMILES string of the molecule is CC(C)CCC[C@@H](C)[C@H]1CC[C@H]2[C@@H]3CCC4=C/C(=N\NC(=O)CNCCN(CCNCCN=C(N)N)C(=N)N)CC[C@]4(C)[C@H]3CC[C@]12C. The summed E-state index contributed by atoms with van der Waals surface area (Å²) in [5.41, 5.74) is 22.5. The van der Waals surface area contributed by atoms with Gasteiger partial charge < -0.3 is 32.7 Å². The lowest BCUT2D eigenvalue weighted by atomic mass is 9.46. The van der Waals surface area contributed by atoms with E-state index in [1.165, 1.54) is 57.8 Å². The number of nitrogens with zero attached hydrogens (tertiary/aromatic N) is 3. The maximum atomic E-state index is 12.6. The minimum Gasteiger partial charge on any atom is -0.370 e. The molecule has 48 heavy (non-hydrogen) atoms. The molecule has 0 aromatic rings. The van der Waals surface area contributed by atoms with Gasteiger partial charge in [0.25, 0.3) is 5.91 Å². The lowest BCUT2D eigenvalue weighted by Crippen LogP contribution is -2.51. The molecule has 3 saturated carbocycles. The predicted molar refractivity (Wildman–Crippen MR) is 199 cm³/mol. The molecular weight excluding hydrogens is 600 g/mol. The van der Waals surface area contributed by atoms with Gasteiger partial charge in [-0.15, -0.1) is 0 Å². The number of aliphatic imine (C=N–C) groups is 1. The third-order valence-corrected chi connectivity index (χ3v) is 12.8. The summed E-state index contributed by atoms with van der Waals surface area (Å²) >= 11 is 0. The van der Waals surface area contributed by atoms with Gasteiger partial charge in [0.1, 0.15) is 0 Å². The Morgan fingerprint density at radius 3 is 2.44 bits per heavy atom. The molecule has 10 N–H and O–H groups in total. The van der Waals surface area contributed by atoms with E-state index in [0.717, 1.165) is 54.1 Å². The van der Waals surface area contributed by atoms with Crippen molar-refractivity contribution in [2.45, 2.75) is 105 Å². The van der Waals surface area contributed by atoms with Crippen molar-refractivity contribution in [1.29, 1.82) is 5.41 Å². The number of nitrogens with two attached hydrogens (primary N) is 3. The Labute approximate surface area is 290 Å². The number of carbonyl (C=O) groups is 1. The predicted octanol–water partition coefficient (Wildman–Crippen LogP) is 4.15. The highest BCUT2D eigenvalue weighted by molar-refractivity contribution is 5.97. The third-order valence-electron chi connectivity index (χ3n) is 12.8. The smallest absolute Gasteiger partial charge is 0.254 e. The Morgan fingerprint density at radius 2 is 1.73 bits per heavy atom. The number of amides is 1. The number of hydrazone groups is 1. The molecule has 0 spiro atoms. The number of hydrogen-bond acceptors (Lipinski definition) is 6. The number of carbonyl (C=O) groups excluding carboxylic acids is 1. The first-order valence-corrected chi connectivity index (χ1v) is 19.0. The summed E-state index contributed by atoms with van der Waals surface area (Å²) in [5.74, 6) is 5.00. The number of nitrogens with one attached hydrogen (secondary N) is 4. The van der Waals surface area contributed by atoms with E-state index in [-0.39, 0.29) is 29.8 Å². The molecule has 0 saturated heterocycles. The molecule has 4 aliphatic carbocycles. The van der Waals surface area contributed by atoms with Crippen LogP contribution in [0.1, 0.15) is 105 Å². The van der Waals surface area contributed by atoms with Crippen molar-refractivity contribution in [3.05, 3.63) is 11.6 Å². The van der Waals surface area contributed by atoms with Gasteiger partial charge in [0.05, 0.1) is 18.8 Å². The molecule has 4 aliphatic rings. The van der Waals surface area contributed by atoms with Crippen LogP contribution in [0.25, 0.3) is 0 Å². The Hall–Kier alpha value is -2.66. The average Bonchev–Trinajstić information content (AvgIpc) is 3.39. The van der Waals surface area contributed by atoms with E-state index in [0.29, 0.717) is 44.7 Å². The number of hydrogen-bond donors (Lipinski definition) is 7. The second-order valence-electron chi connectivity index (χ2n) is 16.3. The molecule has 11 heteroatoms. The van der Waals surface area contributed by atoms with Crippen LogP contribution >= 0.6 is 0 Å². The van der Waals surface area contributed by atoms with Crippen molar-refractivity contribution >= 4 is 23.5 Å². The average molecular weight is 669 g/mol. The number of fused-ring (bicyclic) bond motifs is 5. The topological polar surface area (TPSA) is 183 Å². The van der Waals surface area contributed by atoms with Crippen molar-refractivity contribution in [2.75, 3.05) is 45.8 Å². The van der Waals surface area contributed by atoms with Crippen LogP contribution in [0.3, 0.4) is 0 Å². The molecule has 1 amide bonds. The van der Waals surface area contributed by atoms with Gasteiger partial charge in [-0.2, -0.15) is 5.10 Å². The van der Waals surface area contributed by atoms with Crippen LogP contribution in [-0.2, 0) is 4.79 Å². The van der Waals surface area contributed by atoms with E-state index >= 15 is 0 Å². The second-order valence-corrected chi connectivity index (χ2v) is 16.3. The summed E-state index contributed by atoms with van der Waals surface area (Å²) in [6.45, 7) is 16.1. The van der Waals surface area contributed by atoms with Crippen molar-refractivity contribution < 1.29 is 4.79 Å². The first kappa shape index (κ1) is 38.1. The minimum atomic E-state index is -0.158. The molecule has 4 rings (SSSR count). The molecule has 0 heterocycles.